The molecule has 0 aliphatic heterocycles. The molecule has 1 unspecified atom stereocenters. The van der Waals surface area contributed by atoms with Crippen LogP contribution in [0.5, 0.6) is 0 Å². The summed E-state index contributed by atoms with van der Waals surface area (Å²) in [4.78, 5) is 5.83. The largest absolute Gasteiger partial charge is 0.417 e. The molecule has 0 radical (unpaired) electrons. The zero-order valence-electron chi connectivity index (χ0n) is 12.6. The summed E-state index contributed by atoms with van der Waals surface area (Å²) in [5.41, 5.74) is -0.842. The van der Waals surface area contributed by atoms with E-state index >= 15 is 0 Å². The third-order valence-corrected chi connectivity index (χ3v) is 3.14. The standard InChI is InChI=1S/C14H21ClF3N3/c1-9(2)5-11(8-21(3)4)20-13-12(15)6-10(7-19-13)14(16,17)18/h6-7,9,11H,5,8H2,1-4H3,(H,19,20). The molecular formula is C14H21ClF3N3. The Kier molecular flexibility index (Phi) is 6.28. The van der Waals surface area contributed by atoms with Gasteiger partial charge in [0.1, 0.15) is 5.82 Å². The molecule has 1 rings (SSSR count). The number of pyridine rings is 1. The lowest BCUT2D eigenvalue weighted by atomic mass is 10.0. The Morgan fingerprint density at radius 3 is 2.38 bits per heavy atom. The van der Waals surface area contributed by atoms with Crippen LogP contribution in [0.3, 0.4) is 0 Å². The summed E-state index contributed by atoms with van der Waals surface area (Å²) >= 11 is 5.91. The van der Waals surface area contributed by atoms with E-state index in [1.807, 2.05) is 19.0 Å². The molecule has 0 spiro atoms. The molecule has 7 heteroatoms. The average molecular weight is 324 g/mol. The van der Waals surface area contributed by atoms with E-state index < -0.39 is 11.7 Å². The molecule has 0 bridgehead atoms. The van der Waals surface area contributed by atoms with Crippen LogP contribution in [0.15, 0.2) is 12.3 Å². The first-order valence-electron chi connectivity index (χ1n) is 6.73. The van der Waals surface area contributed by atoms with Gasteiger partial charge in [0, 0.05) is 18.8 Å². The number of nitrogens with zero attached hydrogens (tertiary/aromatic N) is 2. The van der Waals surface area contributed by atoms with Crippen LogP contribution in [0.4, 0.5) is 19.0 Å². The zero-order valence-corrected chi connectivity index (χ0v) is 13.4. The van der Waals surface area contributed by atoms with Crippen LogP contribution in [0.1, 0.15) is 25.8 Å². The van der Waals surface area contributed by atoms with E-state index in [-0.39, 0.29) is 16.9 Å². The fourth-order valence-electron chi connectivity index (χ4n) is 2.08. The van der Waals surface area contributed by atoms with Crippen LogP contribution in [0.25, 0.3) is 0 Å². The molecule has 0 saturated heterocycles. The van der Waals surface area contributed by atoms with E-state index in [4.69, 9.17) is 11.6 Å². The van der Waals surface area contributed by atoms with Gasteiger partial charge in [-0.3, -0.25) is 0 Å². The molecule has 0 aromatic carbocycles. The van der Waals surface area contributed by atoms with Crippen LogP contribution >= 0.6 is 11.6 Å². The summed E-state index contributed by atoms with van der Waals surface area (Å²) in [6, 6.07) is 0.973. The highest BCUT2D eigenvalue weighted by molar-refractivity contribution is 6.33. The fraction of sp³-hybridized carbons (Fsp3) is 0.643. The third kappa shape index (κ3) is 6.09. The zero-order chi connectivity index (χ0) is 16.2. The summed E-state index contributed by atoms with van der Waals surface area (Å²) in [6.45, 7) is 4.93. The minimum atomic E-state index is -4.43. The van der Waals surface area contributed by atoms with Crippen molar-refractivity contribution in [2.24, 2.45) is 5.92 Å². The summed E-state index contributed by atoms with van der Waals surface area (Å²) in [5, 5.41) is 3.12. The number of likely N-dealkylation sites (N-methyl/N-ethyl adjacent to an activating group) is 1. The van der Waals surface area contributed by atoms with Crippen LogP contribution in [-0.2, 0) is 6.18 Å². The Morgan fingerprint density at radius 2 is 1.95 bits per heavy atom. The quantitative estimate of drug-likeness (QED) is 0.852. The molecule has 1 N–H and O–H groups in total. The van der Waals surface area contributed by atoms with Crippen molar-refractivity contribution in [2.75, 3.05) is 26.0 Å². The normalized spacial score (nSPS) is 13.8. The molecule has 21 heavy (non-hydrogen) atoms. The van der Waals surface area contributed by atoms with E-state index in [1.165, 1.54) is 0 Å². The van der Waals surface area contributed by atoms with Crippen molar-refractivity contribution >= 4 is 17.4 Å². The van der Waals surface area contributed by atoms with Crippen molar-refractivity contribution in [3.05, 3.63) is 22.8 Å². The van der Waals surface area contributed by atoms with Crippen molar-refractivity contribution in [3.63, 3.8) is 0 Å². The van der Waals surface area contributed by atoms with E-state index in [1.54, 1.807) is 0 Å². The molecule has 3 nitrogen and oxygen atoms in total. The molecule has 1 aromatic heterocycles. The SMILES string of the molecule is CC(C)CC(CN(C)C)Nc1ncc(C(F)(F)F)cc1Cl. The maximum Gasteiger partial charge on any atom is 0.417 e. The summed E-state index contributed by atoms with van der Waals surface area (Å²) < 4.78 is 37.7. The van der Waals surface area contributed by atoms with Crippen LogP contribution in [0, 0.1) is 5.92 Å². The molecule has 0 fully saturated rings. The van der Waals surface area contributed by atoms with Crippen LogP contribution in [-0.4, -0.2) is 36.6 Å². The molecule has 0 aliphatic carbocycles. The molecule has 1 atom stereocenters. The highest BCUT2D eigenvalue weighted by Gasteiger charge is 2.31. The van der Waals surface area contributed by atoms with Gasteiger partial charge in [0.05, 0.1) is 10.6 Å². The van der Waals surface area contributed by atoms with Gasteiger partial charge in [0.2, 0.25) is 0 Å². The summed E-state index contributed by atoms with van der Waals surface area (Å²) in [5.74, 6) is 0.743. The van der Waals surface area contributed by atoms with Gasteiger partial charge in [-0.25, -0.2) is 4.98 Å². The minimum absolute atomic E-state index is 0.0164. The lowest BCUT2D eigenvalue weighted by Crippen LogP contribution is -2.34. The number of hydrogen-bond acceptors (Lipinski definition) is 3. The van der Waals surface area contributed by atoms with E-state index in [0.29, 0.717) is 5.92 Å². The minimum Gasteiger partial charge on any atom is -0.365 e. The third-order valence-electron chi connectivity index (χ3n) is 2.85. The lowest BCUT2D eigenvalue weighted by Gasteiger charge is -2.25. The molecule has 120 valence electrons. The number of alkyl halides is 3. The second kappa shape index (κ2) is 7.31. The van der Waals surface area contributed by atoms with Gasteiger partial charge in [-0.05, 0) is 32.5 Å². The maximum atomic E-state index is 12.6. The van der Waals surface area contributed by atoms with Crippen molar-refractivity contribution in [1.82, 2.24) is 9.88 Å². The first kappa shape index (κ1) is 18.0. The highest BCUT2D eigenvalue weighted by Crippen LogP contribution is 2.32. The van der Waals surface area contributed by atoms with Gasteiger partial charge >= 0.3 is 6.18 Å². The van der Waals surface area contributed by atoms with E-state index in [2.05, 4.69) is 24.1 Å². The van der Waals surface area contributed by atoms with Crippen LogP contribution < -0.4 is 5.32 Å². The number of aromatic nitrogens is 1. The van der Waals surface area contributed by atoms with Crippen molar-refractivity contribution in [2.45, 2.75) is 32.5 Å². The van der Waals surface area contributed by atoms with E-state index in [0.717, 1.165) is 25.2 Å². The van der Waals surface area contributed by atoms with Crippen molar-refractivity contribution in [3.8, 4) is 0 Å². The van der Waals surface area contributed by atoms with Crippen molar-refractivity contribution < 1.29 is 13.2 Å². The van der Waals surface area contributed by atoms with Gasteiger partial charge in [-0.1, -0.05) is 25.4 Å². The lowest BCUT2D eigenvalue weighted by molar-refractivity contribution is -0.137. The average Bonchev–Trinajstić information content (AvgIpc) is 2.28. The number of hydrogen-bond donors (Lipinski definition) is 1. The van der Waals surface area contributed by atoms with Crippen LogP contribution in [0.2, 0.25) is 5.02 Å². The summed E-state index contributed by atoms with van der Waals surface area (Å²) in [7, 11) is 3.88. The van der Waals surface area contributed by atoms with Gasteiger partial charge in [0.15, 0.2) is 0 Å². The second-order valence-electron chi connectivity index (χ2n) is 5.79. The topological polar surface area (TPSA) is 28.2 Å². The summed E-state index contributed by atoms with van der Waals surface area (Å²) in [6.07, 6.45) is -2.76. The maximum absolute atomic E-state index is 12.6. The Bertz CT molecular complexity index is 451. The van der Waals surface area contributed by atoms with Gasteiger partial charge in [-0.15, -0.1) is 0 Å². The molecular weight excluding hydrogens is 303 g/mol. The number of rotatable bonds is 6. The monoisotopic (exact) mass is 323 g/mol. The Morgan fingerprint density at radius 1 is 1.33 bits per heavy atom. The predicted molar refractivity (Wildman–Crippen MR) is 79.7 cm³/mol. The Balaban J connectivity index is 2.88. The first-order chi connectivity index (χ1) is 9.59. The molecule has 1 aromatic rings. The molecule has 0 amide bonds. The molecule has 0 saturated carbocycles. The Labute approximate surface area is 128 Å². The Hall–Kier alpha value is -1.01. The first-order valence-corrected chi connectivity index (χ1v) is 7.11. The predicted octanol–water partition coefficient (Wildman–Crippen LogP) is 4.14. The van der Waals surface area contributed by atoms with Crippen molar-refractivity contribution in [1.29, 1.82) is 0 Å². The molecule has 0 aliphatic rings. The number of halogens is 4. The number of nitrogens with one attached hydrogen (secondary N) is 1. The fourth-order valence-corrected chi connectivity index (χ4v) is 2.30. The second-order valence-corrected chi connectivity index (χ2v) is 6.19. The van der Waals surface area contributed by atoms with Gasteiger partial charge in [-0.2, -0.15) is 13.2 Å². The van der Waals surface area contributed by atoms with Gasteiger partial charge < -0.3 is 10.2 Å². The number of anilines is 1. The van der Waals surface area contributed by atoms with E-state index in [9.17, 15) is 13.2 Å². The highest BCUT2D eigenvalue weighted by atomic mass is 35.5. The smallest absolute Gasteiger partial charge is 0.365 e. The van der Waals surface area contributed by atoms with Gasteiger partial charge in [0.25, 0.3) is 0 Å². The molecule has 1 heterocycles.